The second-order valence-corrected chi connectivity index (χ2v) is 3.70. The van der Waals surface area contributed by atoms with Crippen LogP contribution >= 0.6 is 0 Å². The van der Waals surface area contributed by atoms with Gasteiger partial charge in [-0.3, -0.25) is 4.79 Å². The minimum Gasteiger partial charge on any atom is -0.508 e. The molecule has 88 valence electrons. The van der Waals surface area contributed by atoms with Crippen LogP contribution in [-0.4, -0.2) is 16.2 Å². The van der Waals surface area contributed by atoms with Crippen molar-refractivity contribution in [2.75, 3.05) is 0 Å². The van der Waals surface area contributed by atoms with Crippen molar-refractivity contribution in [3.05, 3.63) is 29.1 Å². The third-order valence-corrected chi connectivity index (χ3v) is 2.38. The number of benzene rings is 1. The Morgan fingerprint density at radius 1 is 1.56 bits per heavy atom. The highest BCUT2D eigenvalue weighted by atomic mass is 19.1. The molecule has 0 aliphatic heterocycles. The minimum absolute atomic E-state index is 0.100. The number of hydrogen-bond donors (Lipinski definition) is 3. The van der Waals surface area contributed by atoms with E-state index in [0.29, 0.717) is 5.56 Å². The Labute approximate surface area is 92.5 Å². The molecule has 16 heavy (non-hydrogen) atoms. The number of rotatable bonds is 4. The lowest BCUT2D eigenvalue weighted by Crippen LogP contribution is -2.13. The van der Waals surface area contributed by atoms with E-state index in [4.69, 9.17) is 10.8 Å². The number of phenolic OH excluding ortho intramolecular Hbond substituents is 1. The molecule has 0 aliphatic rings. The molecule has 1 atom stereocenters. The molecule has 0 radical (unpaired) electrons. The molecule has 1 aromatic rings. The monoisotopic (exact) mass is 227 g/mol. The number of carboxylic acid groups (broad SMARTS) is 1. The average molecular weight is 227 g/mol. The lowest BCUT2D eigenvalue weighted by molar-refractivity contribution is -0.137. The van der Waals surface area contributed by atoms with E-state index in [1.54, 1.807) is 0 Å². The Morgan fingerprint density at radius 3 is 2.75 bits per heavy atom. The first-order valence-corrected chi connectivity index (χ1v) is 4.88. The molecule has 0 amide bonds. The number of nitrogens with two attached hydrogens (primary N) is 1. The van der Waals surface area contributed by atoms with Crippen molar-refractivity contribution in [2.24, 2.45) is 5.73 Å². The second-order valence-electron chi connectivity index (χ2n) is 3.70. The summed E-state index contributed by atoms with van der Waals surface area (Å²) in [6.07, 6.45) is 0.0432. The number of aryl methyl sites for hydroxylation is 1. The molecule has 0 heterocycles. The van der Waals surface area contributed by atoms with Gasteiger partial charge in [0.05, 0.1) is 0 Å². The van der Waals surface area contributed by atoms with Crippen molar-refractivity contribution in [1.29, 1.82) is 0 Å². The lowest BCUT2D eigenvalue weighted by Gasteiger charge is -2.13. The van der Waals surface area contributed by atoms with Gasteiger partial charge in [-0.2, -0.15) is 0 Å². The van der Waals surface area contributed by atoms with Crippen molar-refractivity contribution >= 4 is 5.97 Å². The Morgan fingerprint density at radius 2 is 2.19 bits per heavy atom. The molecule has 0 saturated carbocycles. The third-order valence-electron chi connectivity index (χ3n) is 2.38. The SMILES string of the molecule is Cc1cc(O)c(C(N)CCC(=O)O)cc1F. The van der Waals surface area contributed by atoms with Crippen molar-refractivity contribution in [3.8, 4) is 5.75 Å². The zero-order valence-electron chi connectivity index (χ0n) is 8.90. The molecule has 5 heteroatoms. The zero-order valence-corrected chi connectivity index (χ0v) is 8.90. The Hall–Kier alpha value is -1.62. The van der Waals surface area contributed by atoms with E-state index in [2.05, 4.69) is 0 Å². The van der Waals surface area contributed by atoms with Crippen LogP contribution in [0.15, 0.2) is 12.1 Å². The van der Waals surface area contributed by atoms with Gasteiger partial charge >= 0.3 is 5.97 Å². The summed E-state index contributed by atoms with van der Waals surface area (Å²) in [5.41, 5.74) is 6.24. The summed E-state index contributed by atoms with van der Waals surface area (Å²) in [5, 5.41) is 18.0. The number of aliphatic carboxylic acids is 1. The molecular formula is C11H14FNO3. The van der Waals surface area contributed by atoms with Gasteiger partial charge in [0, 0.05) is 18.0 Å². The van der Waals surface area contributed by atoms with Crippen LogP contribution < -0.4 is 5.73 Å². The number of carboxylic acids is 1. The molecule has 0 fully saturated rings. The fraction of sp³-hybridized carbons (Fsp3) is 0.364. The molecule has 0 spiro atoms. The van der Waals surface area contributed by atoms with E-state index in [0.717, 1.165) is 6.07 Å². The zero-order chi connectivity index (χ0) is 12.3. The van der Waals surface area contributed by atoms with Crippen LogP contribution in [0, 0.1) is 12.7 Å². The summed E-state index contributed by atoms with van der Waals surface area (Å²) in [4.78, 5) is 10.3. The van der Waals surface area contributed by atoms with Crippen LogP contribution in [0.2, 0.25) is 0 Å². The first-order valence-electron chi connectivity index (χ1n) is 4.88. The molecular weight excluding hydrogens is 213 g/mol. The van der Waals surface area contributed by atoms with Gasteiger partial charge in [-0.05, 0) is 31.0 Å². The first-order chi connectivity index (χ1) is 7.41. The maximum atomic E-state index is 13.2. The van der Waals surface area contributed by atoms with Gasteiger partial charge in [-0.15, -0.1) is 0 Å². The molecule has 0 aromatic heterocycles. The predicted octanol–water partition coefficient (Wildman–Crippen LogP) is 1.70. The van der Waals surface area contributed by atoms with E-state index >= 15 is 0 Å². The largest absolute Gasteiger partial charge is 0.508 e. The Kier molecular flexibility index (Phi) is 3.84. The van der Waals surface area contributed by atoms with Crippen LogP contribution in [0.1, 0.15) is 30.0 Å². The second kappa shape index (κ2) is 4.94. The average Bonchev–Trinajstić information content (AvgIpc) is 2.20. The number of halogens is 1. The van der Waals surface area contributed by atoms with Crippen LogP contribution in [0.5, 0.6) is 5.75 Å². The molecule has 0 bridgehead atoms. The highest BCUT2D eigenvalue weighted by Gasteiger charge is 2.14. The maximum absolute atomic E-state index is 13.2. The quantitative estimate of drug-likeness (QED) is 0.731. The predicted molar refractivity (Wildman–Crippen MR) is 56.6 cm³/mol. The minimum atomic E-state index is -0.970. The van der Waals surface area contributed by atoms with Crippen LogP contribution in [0.25, 0.3) is 0 Å². The maximum Gasteiger partial charge on any atom is 0.303 e. The van der Waals surface area contributed by atoms with Crippen molar-refractivity contribution in [2.45, 2.75) is 25.8 Å². The highest BCUT2D eigenvalue weighted by molar-refractivity contribution is 5.66. The standard InChI is InChI=1S/C11H14FNO3/c1-6-4-10(14)7(5-8(6)12)9(13)2-3-11(15)16/h4-5,9,14H,2-3,13H2,1H3,(H,15,16). The van der Waals surface area contributed by atoms with E-state index in [1.165, 1.54) is 13.0 Å². The summed E-state index contributed by atoms with van der Waals surface area (Å²) in [6, 6.07) is 1.76. The van der Waals surface area contributed by atoms with E-state index in [9.17, 15) is 14.3 Å². The fourth-order valence-corrected chi connectivity index (χ4v) is 1.41. The highest BCUT2D eigenvalue weighted by Crippen LogP contribution is 2.28. The molecule has 4 nitrogen and oxygen atoms in total. The lowest BCUT2D eigenvalue weighted by atomic mass is 10.00. The molecule has 1 rings (SSSR count). The van der Waals surface area contributed by atoms with Crippen LogP contribution in [0.4, 0.5) is 4.39 Å². The summed E-state index contributed by atoms with van der Waals surface area (Å²) in [7, 11) is 0. The van der Waals surface area contributed by atoms with Crippen molar-refractivity contribution < 1.29 is 19.4 Å². The van der Waals surface area contributed by atoms with Crippen LogP contribution in [0.3, 0.4) is 0 Å². The van der Waals surface area contributed by atoms with Gasteiger partial charge < -0.3 is 15.9 Å². The summed E-state index contributed by atoms with van der Waals surface area (Å²) in [5.74, 6) is -1.53. The molecule has 1 aromatic carbocycles. The Bertz CT molecular complexity index is 406. The van der Waals surface area contributed by atoms with E-state index < -0.39 is 17.8 Å². The molecule has 0 saturated heterocycles. The Balaban J connectivity index is 2.86. The van der Waals surface area contributed by atoms with E-state index in [-0.39, 0.29) is 24.2 Å². The van der Waals surface area contributed by atoms with Gasteiger partial charge in [0.15, 0.2) is 0 Å². The normalized spacial score (nSPS) is 12.4. The number of aromatic hydroxyl groups is 1. The molecule has 1 unspecified atom stereocenters. The number of phenols is 1. The van der Waals surface area contributed by atoms with E-state index in [1.807, 2.05) is 0 Å². The summed E-state index contributed by atoms with van der Waals surface area (Å²) >= 11 is 0. The van der Waals surface area contributed by atoms with Crippen molar-refractivity contribution in [3.63, 3.8) is 0 Å². The molecule has 4 N–H and O–H groups in total. The van der Waals surface area contributed by atoms with Gasteiger partial charge in [0.25, 0.3) is 0 Å². The summed E-state index contributed by atoms with van der Waals surface area (Å²) < 4.78 is 13.2. The third kappa shape index (κ3) is 2.93. The smallest absolute Gasteiger partial charge is 0.303 e. The molecule has 0 aliphatic carbocycles. The van der Waals surface area contributed by atoms with Gasteiger partial charge in [0.1, 0.15) is 11.6 Å². The van der Waals surface area contributed by atoms with Crippen LogP contribution in [-0.2, 0) is 4.79 Å². The van der Waals surface area contributed by atoms with Gasteiger partial charge in [0.2, 0.25) is 0 Å². The van der Waals surface area contributed by atoms with Crippen molar-refractivity contribution in [1.82, 2.24) is 0 Å². The fourth-order valence-electron chi connectivity index (χ4n) is 1.41. The number of hydrogen-bond acceptors (Lipinski definition) is 3. The topological polar surface area (TPSA) is 83.5 Å². The number of carbonyl (C=O) groups is 1. The van der Waals surface area contributed by atoms with Gasteiger partial charge in [-0.25, -0.2) is 4.39 Å². The summed E-state index contributed by atoms with van der Waals surface area (Å²) in [6.45, 7) is 1.53. The first kappa shape index (κ1) is 12.4. The van der Waals surface area contributed by atoms with Gasteiger partial charge in [-0.1, -0.05) is 0 Å².